The molecule has 0 saturated carbocycles. The summed E-state index contributed by atoms with van der Waals surface area (Å²) in [5.74, 6) is -1.17. The van der Waals surface area contributed by atoms with Crippen LogP contribution in [0.1, 0.15) is 22.3 Å². The highest BCUT2D eigenvalue weighted by Gasteiger charge is 2.34. The van der Waals surface area contributed by atoms with Crippen LogP contribution in [0, 0.1) is 5.92 Å². The van der Waals surface area contributed by atoms with Crippen molar-refractivity contribution in [3.05, 3.63) is 64.1 Å². The Morgan fingerprint density at radius 1 is 1.13 bits per heavy atom. The number of hydrogen-bond donors (Lipinski definition) is 2. The van der Waals surface area contributed by atoms with Crippen LogP contribution in [0.4, 0.5) is 0 Å². The molecule has 3 amide bonds. The van der Waals surface area contributed by atoms with Crippen molar-refractivity contribution in [2.75, 3.05) is 26.9 Å². The van der Waals surface area contributed by atoms with Crippen molar-refractivity contribution in [2.45, 2.75) is 13.0 Å². The van der Waals surface area contributed by atoms with Gasteiger partial charge in [0.05, 0.1) is 18.1 Å². The monoisotopic (exact) mass is 489 g/mol. The van der Waals surface area contributed by atoms with Crippen molar-refractivity contribution in [3.8, 4) is 5.75 Å². The number of halogens is 1. The third-order valence-electron chi connectivity index (χ3n) is 4.83. The van der Waals surface area contributed by atoms with E-state index in [9.17, 15) is 14.4 Å². The molecule has 1 heterocycles. The van der Waals surface area contributed by atoms with Gasteiger partial charge in [0.25, 0.3) is 5.91 Å². The van der Waals surface area contributed by atoms with Crippen molar-refractivity contribution >= 4 is 33.7 Å². The van der Waals surface area contributed by atoms with Gasteiger partial charge in [0.1, 0.15) is 12.4 Å². The molecule has 1 unspecified atom stereocenters. The Kier molecular flexibility index (Phi) is 8.02. The highest BCUT2D eigenvalue weighted by molar-refractivity contribution is 9.10. The van der Waals surface area contributed by atoms with Gasteiger partial charge in [0.2, 0.25) is 11.8 Å². The second kappa shape index (κ2) is 10.9. The fraction of sp³-hybridized carbons (Fsp3) is 0.318. The lowest BCUT2D eigenvalue weighted by molar-refractivity contribution is -0.129. The summed E-state index contributed by atoms with van der Waals surface area (Å²) in [5.41, 5.74) is 6.11. The van der Waals surface area contributed by atoms with Gasteiger partial charge in [0, 0.05) is 31.1 Å². The zero-order valence-corrected chi connectivity index (χ0v) is 18.7. The molecule has 1 aliphatic heterocycles. The van der Waals surface area contributed by atoms with Crippen LogP contribution in [-0.2, 0) is 20.9 Å². The zero-order chi connectivity index (χ0) is 22.2. The van der Waals surface area contributed by atoms with Gasteiger partial charge in [-0.1, -0.05) is 46.3 Å². The topological polar surface area (TPSA) is 97.0 Å². The van der Waals surface area contributed by atoms with Crippen LogP contribution in [0.5, 0.6) is 5.75 Å². The summed E-state index contributed by atoms with van der Waals surface area (Å²) < 4.78 is 11.2. The van der Waals surface area contributed by atoms with Gasteiger partial charge in [-0.25, -0.2) is 0 Å². The lowest BCUT2D eigenvalue weighted by Gasteiger charge is -2.17. The zero-order valence-electron chi connectivity index (χ0n) is 17.1. The first-order valence-corrected chi connectivity index (χ1v) is 10.6. The van der Waals surface area contributed by atoms with Crippen molar-refractivity contribution in [1.29, 1.82) is 0 Å². The summed E-state index contributed by atoms with van der Waals surface area (Å²) in [6.45, 7) is 1.42. The molecule has 9 heteroatoms. The van der Waals surface area contributed by atoms with E-state index in [1.54, 1.807) is 30.2 Å². The fourth-order valence-corrected chi connectivity index (χ4v) is 3.59. The van der Waals surface area contributed by atoms with Gasteiger partial charge < -0.3 is 14.4 Å². The van der Waals surface area contributed by atoms with E-state index in [1.807, 2.05) is 30.3 Å². The van der Waals surface area contributed by atoms with Crippen LogP contribution in [0.3, 0.4) is 0 Å². The standard InChI is InChI=1S/C22H24BrN3O5/c1-30-9-10-31-19-8-7-17(23)12-18(19)22(29)25-24-21(28)16-11-20(27)26(14-16)13-15-5-3-2-4-6-15/h2-8,12,16H,9-11,13-14H2,1H3,(H,24,28)(H,25,29). The molecular formula is C22H24BrN3O5. The van der Waals surface area contributed by atoms with Gasteiger partial charge in [-0.15, -0.1) is 0 Å². The Morgan fingerprint density at radius 3 is 2.65 bits per heavy atom. The molecule has 0 aromatic heterocycles. The molecule has 2 N–H and O–H groups in total. The van der Waals surface area contributed by atoms with Crippen LogP contribution < -0.4 is 15.6 Å². The van der Waals surface area contributed by atoms with E-state index in [4.69, 9.17) is 9.47 Å². The average molecular weight is 490 g/mol. The van der Waals surface area contributed by atoms with Crippen LogP contribution in [-0.4, -0.2) is 49.5 Å². The molecule has 1 saturated heterocycles. The number of hydrazine groups is 1. The van der Waals surface area contributed by atoms with E-state index in [2.05, 4.69) is 26.8 Å². The van der Waals surface area contributed by atoms with Gasteiger partial charge in [-0.3, -0.25) is 25.2 Å². The minimum atomic E-state index is -0.531. The van der Waals surface area contributed by atoms with E-state index in [0.717, 1.165) is 5.56 Å². The van der Waals surface area contributed by atoms with E-state index in [-0.39, 0.29) is 24.5 Å². The van der Waals surface area contributed by atoms with Crippen LogP contribution in [0.15, 0.2) is 53.0 Å². The van der Waals surface area contributed by atoms with Gasteiger partial charge >= 0.3 is 0 Å². The van der Waals surface area contributed by atoms with Crippen molar-refractivity contribution in [1.82, 2.24) is 15.8 Å². The lowest BCUT2D eigenvalue weighted by atomic mass is 10.1. The number of nitrogens with zero attached hydrogens (tertiary/aromatic N) is 1. The van der Waals surface area contributed by atoms with Crippen molar-refractivity contribution in [2.24, 2.45) is 5.92 Å². The summed E-state index contributed by atoms with van der Waals surface area (Å²) in [7, 11) is 1.56. The Bertz CT molecular complexity index is 938. The van der Waals surface area contributed by atoms with Gasteiger partial charge in [0.15, 0.2) is 0 Å². The van der Waals surface area contributed by atoms with Crippen LogP contribution in [0.2, 0.25) is 0 Å². The molecule has 1 aliphatic rings. The second-order valence-corrected chi connectivity index (χ2v) is 8.00. The third kappa shape index (κ3) is 6.28. The molecule has 1 fully saturated rings. The average Bonchev–Trinajstić information content (AvgIpc) is 3.14. The predicted molar refractivity (Wildman–Crippen MR) is 117 cm³/mol. The number of carbonyl (C=O) groups excluding carboxylic acids is 3. The van der Waals surface area contributed by atoms with Crippen molar-refractivity contribution in [3.63, 3.8) is 0 Å². The quantitative estimate of drug-likeness (QED) is 0.437. The number of carbonyl (C=O) groups is 3. The highest BCUT2D eigenvalue weighted by atomic mass is 79.9. The summed E-state index contributed by atoms with van der Waals surface area (Å²) in [6, 6.07) is 14.6. The molecule has 8 nitrogen and oxygen atoms in total. The smallest absolute Gasteiger partial charge is 0.273 e. The third-order valence-corrected chi connectivity index (χ3v) is 5.33. The number of nitrogens with one attached hydrogen (secondary N) is 2. The fourth-order valence-electron chi connectivity index (χ4n) is 3.23. The number of ether oxygens (including phenoxy) is 2. The largest absolute Gasteiger partial charge is 0.490 e. The van der Waals surface area contributed by atoms with E-state index in [0.29, 0.717) is 29.9 Å². The molecule has 0 bridgehead atoms. The first-order valence-electron chi connectivity index (χ1n) is 9.81. The lowest BCUT2D eigenvalue weighted by Crippen LogP contribution is -2.45. The Morgan fingerprint density at radius 2 is 1.90 bits per heavy atom. The molecular weight excluding hydrogens is 466 g/mol. The number of benzene rings is 2. The number of likely N-dealkylation sites (tertiary alicyclic amines) is 1. The Balaban J connectivity index is 1.55. The van der Waals surface area contributed by atoms with E-state index < -0.39 is 17.7 Å². The molecule has 2 aromatic rings. The van der Waals surface area contributed by atoms with Crippen LogP contribution in [0.25, 0.3) is 0 Å². The van der Waals surface area contributed by atoms with Gasteiger partial charge in [-0.05, 0) is 23.8 Å². The normalized spacial score (nSPS) is 15.6. The number of methoxy groups -OCH3 is 1. The Labute approximate surface area is 189 Å². The molecule has 3 rings (SSSR count). The molecule has 1 atom stereocenters. The van der Waals surface area contributed by atoms with Crippen molar-refractivity contribution < 1.29 is 23.9 Å². The van der Waals surface area contributed by atoms with E-state index in [1.165, 1.54) is 0 Å². The molecule has 0 radical (unpaired) electrons. The highest BCUT2D eigenvalue weighted by Crippen LogP contribution is 2.23. The number of amides is 3. The summed E-state index contributed by atoms with van der Waals surface area (Å²) >= 11 is 3.33. The summed E-state index contributed by atoms with van der Waals surface area (Å²) in [5, 5.41) is 0. The molecule has 31 heavy (non-hydrogen) atoms. The number of rotatable bonds is 8. The summed E-state index contributed by atoms with van der Waals surface area (Å²) in [4.78, 5) is 39.1. The Hall–Kier alpha value is -2.91. The predicted octanol–water partition coefficient (Wildman–Crippen LogP) is 2.28. The maximum absolute atomic E-state index is 12.6. The van der Waals surface area contributed by atoms with Gasteiger partial charge in [-0.2, -0.15) is 0 Å². The molecule has 0 spiro atoms. The van der Waals surface area contributed by atoms with E-state index >= 15 is 0 Å². The number of hydrogen-bond acceptors (Lipinski definition) is 5. The summed E-state index contributed by atoms with van der Waals surface area (Å²) in [6.07, 6.45) is 0.108. The second-order valence-electron chi connectivity index (χ2n) is 7.09. The maximum Gasteiger partial charge on any atom is 0.273 e. The molecule has 2 aromatic carbocycles. The first kappa shape index (κ1) is 22.8. The maximum atomic E-state index is 12.6. The van der Waals surface area contributed by atoms with Crippen LogP contribution >= 0.6 is 15.9 Å². The first-order chi connectivity index (χ1) is 15.0. The SMILES string of the molecule is COCCOc1ccc(Br)cc1C(=O)NNC(=O)C1CC(=O)N(Cc2ccccc2)C1. The molecule has 164 valence electrons. The minimum Gasteiger partial charge on any atom is -0.490 e. The molecule has 0 aliphatic carbocycles. The minimum absolute atomic E-state index is 0.0869.